The van der Waals surface area contributed by atoms with E-state index in [0.717, 1.165) is 13.0 Å². The summed E-state index contributed by atoms with van der Waals surface area (Å²) in [6, 6.07) is 0. The van der Waals surface area contributed by atoms with E-state index in [2.05, 4.69) is 5.32 Å². The van der Waals surface area contributed by atoms with Gasteiger partial charge in [-0.3, -0.25) is 9.59 Å². The van der Waals surface area contributed by atoms with Gasteiger partial charge < -0.3 is 20.1 Å². The van der Waals surface area contributed by atoms with Crippen LogP contribution in [0.25, 0.3) is 0 Å². The average Bonchev–Trinajstić information content (AvgIpc) is 2.82. The fourth-order valence-electron chi connectivity index (χ4n) is 2.30. The Morgan fingerprint density at radius 1 is 1.26 bits per heavy atom. The zero-order chi connectivity index (χ0) is 14.3. The zero-order valence-electron chi connectivity index (χ0n) is 11.7. The molecule has 0 spiro atoms. The number of carboxylic acids is 1. The van der Waals surface area contributed by atoms with Crippen molar-refractivity contribution in [1.29, 1.82) is 0 Å². The number of hydrogen-bond donors (Lipinski definition) is 2. The van der Waals surface area contributed by atoms with Crippen LogP contribution in [0.2, 0.25) is 0 Å². The number of rotatable bonds is 8. The summed E-state index contributed by atoms with van der Waals surface area (Å²) in [6.45, 7) is 2.38. The molecule has 2 unspecified atom stereocenters. The van der Waals surface area contributed by atoms with E-state index in [1.54, 1.807) is 0 Å². The molecule has 6 heteroatoms. The van der Waals surface area contributed by atoms with Crippen LogP contribution < -0.4 is 5.32 Å². The first-order valence-corrected chi connectivity index (χ1v) is 6.75. The third kappa shape index (κ3) is 5.57. The largest absolute Gasteiger partial charge is 0.481 e. The van der Waals surface area contributed by atoms with E-state index >= 15 is 0 Å². The molecule has 0 saturated heterocycles. The third-order valence-electron chi connectivity index (χ3n) is 3.40. The Kier molecular flexibility index (Phi) is 6.80. The second-order valence-corrected chi connectivity index (χ2v) is 5.19. The first-order valence-electron chi connectivity index (χ1n) is 6.75. The minimum atomic E-state index is -0.861. The summed E-state index contributed by atoms with van der Waals surface area (Å²) in [4.78, 5) is 24.9. The van der Waals surface area contributed by atoms with Crippen molar-refractivity contribution in [2.45, 2.75) is 19.3 Å². The van der Waals surface area contributed by atoms with E-state index in [9.17, 15) is 9.59 Å². The molecule has 0 aromatic heterocycles. The van der Waals surface area contributed by atoms with Gasteiger partial charge >= 0.3 is 5.97 Å². The summed E-state index contributed by atoms with van der Waals surface area (Å²) in [6.07, 6.45) is 2.09. The Morgan fingerprint density at radius 2 is 1.95 bits per heavy atom. The highest BCUT2D eigenvalue weighted by atomic mass is 16.5. The molecular formula is C13H24N2O4. The second-order valence-electron chi connectivity index (χ2n) is 5.19. The Hall–Kier alpha value is -1.14. The smallest absolute Gasteiger partial charge is 0.307 e. The average molecular weight is 272 g/mol. The summed E-state index contributed by atoms with van der Waals surface area (Å²) >= 11 is 0. The first kappa shape index (κ1) is 15.9. The lowest BCUT2D eigenvalue weighted by molar-refractivity contribution is -0.146. The molecule has 2 atom stereocenters. The van der Waals surface area contributed by atoms with Gasteiger partial charge in [0, 0.05) is 13.1 Å². The predicted molar refractivity (Wildman–Crippen MR) is 70.8 cm³/mol. The topological polar surface area (TPSA) is 78.9 Å². The predicted octanol–water partition coefficient (Wildman–Crippen LogP) is 0.182. The standard InChI is InChI=1S/C13H24N2O4/c1-15(2)7-9-19-8-6-14-12(16)10-4-3-5-11(10)13(17)18/h10-11H,3-9H2,1-2H3,(H,14,16)(H,17,18). The maximum Gasteiger partial charge on any atom is 0.307 e. The molecule has 110 valence electrons. The van der Waals surface area contributed by atoms with Gasteiger partial charge in [0.15, 0.2) is 0 Å². The van der Waals surface area contributed by atoms with Crippen molar-refractivity contribution in [3.63, 3.8) is 0 Å². The van der Waals surface area contributed by atoms with Crippen LogP contribution in [0.15, 0.2) is 0 Å². The fourth-order valence-corrected chi connectivity index (χ4v) is 2.30. The first-order chi connectivity index (χ1) is 9.02. The van der Waals surface area contributed by atoms with Crippen molar-refractivity contribution in [2.24, 2.45) is 11.8 Å². The van der Waals surface area contributed by atoms with Gasteiger partial charge in [0.2, 0.25) is 5.91 Å². The maximum absolute atomic E-state index is 11.9. The quantitative estimate of drug-likeness (QED) is 0.616. The Bertz CT molecular complexity index is 307. The molecule has 19 heavy (non-hydrogen) atoms. The molecule has 1 aliphatic carbocycles. The SMILES string of the molecule is CN(C)CCOCCNC(=O)C1CCCC1C(=O)O. The van der Waals surface area contributed by atoms with Gasteiger partial charge in [-0.05, 0) is 26.9 Å². The minimum Gasteiger partial charge on any atom is -0.481 e. The van der Waals surface area contributed by atoms with Crippen molar-refractivity contribution in [1.82, 2.24) is 10.2 Å². The molecule has 0 aliphatic heterocycles. The van der Waals surface area contributed by atoms with Crippen LogP contribution >= 0.6 is 0 Å². The molecule has 1 aliphatic rings. The Labute approximate surface area is 114 Å². The highest BCUT2D eigenvalue weighted by Gasteiger charge is 2.37. The molecule has 1 amide bonds. The summed E-state index contributed by atoms with van der Waals surface area (Å²) in [5, 5.41) is 11.8. The van der Waals surface area contributed by atoms with E-state index in [1.807, 2.05) is 19.0 Å². The molecule has 1 saturated carbocycles. The second kappa shape index (κ2) is 8.12. The Morgan fingerprint density at radius 3 is 2.58 bits per heavy atom. The van der Waals surface area contributed by atoms with Crippen LogP contribution in [0.4, 0.5) is 0 Å². The normalized spacial score (nSPS) is 22.7. The van der Waals surface area contributed by atoms with Gasteiger partial charge in [0.05, 0.1) is 25.0 Å². The van der Waals surface area contributed by atoms with Crippen molar-refractivity contribution in [3.05, 3.63) is 0 Å². The van der Waals surface area contributed by atoms with Gasteiger partial charge in [-0.2, -0.15) is 0 Å². The van der Waals surface area contributed by atoms with Crippen LogP contribution in [0.3, 0.4) is 0 Å². The van der Waals surface area contributed by atoms with E-state index in [4.69, 9.17) is 9.84 Å². The molecular weight excluding hydrogens is 248 g/mol. The van der Waals surface area contributed by atoms with Gasteiger partial charge in [0.25, 0.3) is 0 Å². The number of amides is 1. The summed E-state index contributed by atoms with van der Waals surface area (Å²) < 4.78 is 5.36. The van der Waals surface area contributed by atoms with Crippen LogP contribution in [-0.4, -0.2) is 62.3 Å². The van der Waals surface area contributed by atoms with Crippen LogP contribution in [0, 0.1) is 11.8 Å². The molecule has 2 N–H and O–H groups in total. The number of likely N-dealkylation sites (N-methyl/N-ethyl adjacent to an activating group) is 1. The molecule has 0 heterocycles. The molecule has 0 bridgehead atoms. The van der Waals surface area contributed by atoms with Crippen LogP contribution in [-0.2, 0) is 14.3 Å². The third-order valence-corrected chi connectivity index (χ3v) is 3.40. The molecule has 0 aromatic rings. The number of hydrogen-bond acceptors (Lipinski definition) is 4. The summed E-state index contributed by atoms with van der Waals surface area (Å²) in [5.74, 6) is -1.91. The van der Waals surface area contributed by atoms with E-state index in [0.29, 0.717) is 32.6 Å². The van der Waals surface area contributed by atoms with Crippen molar-refractivity contribution in [2.75, 3.05) is 40.4 Å². The monoisotopic (exact) mass is 272 g/mol. The van der Waals surface area contributed by atoms with Crippen molar-refractivity contribution >= 4 is 11.9 Å². The van der Waals surface area contributed by atoms with Crippen molar-refractivity contribution in [3.8, 4) is 0 Å². The molecule has 6 nitrogen and oxygen atoms in total. The molecule has 1 rings (SSSR count). The van der Waals surface area contributed by atoms with Crippen LogP contribution in [0.1, 0.15) is 19.3 Å². The molecule has 0 radical (unpaired) electrons. The number of ether oxygens (including phenoxy) is 1. The molecule has 1 fully saturated rings. The number of carboxylic acid groups (broad SMARTS) is 1. The van der Waals surface area contributed by atoms with Gasteiger partial charge in [-0.1, -0.05) is 6.42 Å². The number of nitrogens with zero attached hydrogens (tertiary/aromatic N) is 1. The van der Waals surface area contributed by atoms with Gasteiger partial charge in [-0.25, -0.2) is 0 Å². The minimum absolute atomic E-state index is 0.152. The lowest BCUT2D eigenvalue weighted by atomic mass is 9.95. The number of carbonyl (C=O) groups is 2. The number of nitrogens with one attached hydrogen (secondary N) is 1. The Balaban J connectivity index is 2.15. The summed E-state index contributed by atoms with van der Waals surface area (Å²) in [5.41, 5.74) is 0. The highest BCUT2D eigenvalue weighted by Crippen LogP contribution is 2.31. The number of carbonyl (C=O) groups excluding carboxylic acids is 1. The number of aliphatic carboxylic acids is 1. The van der Waals surface area contributed by atoms with Gasteiger partial charge in [0.1, 0.15) is 0 Å². The highest BCUT2D eigenvalue weighted by molar-refractivity contribution is 5.85. The summed E-state index contributed by atoms with van der Waals surface area (Å²) in [7, 11) is 3.94. The van der Waals surface area contributed by atoms with Gasteiger partial charge in [-0.15, -0.1) is 0 Å². The fraction of sp³-hybridized carbons (Fsp3) is 0.846. The van der Waals surface area contributed by atoms with Crippen LogP contribution in [0.5, 0.6) is 0 Å². The maximum atomic E-state index is 11.9. The lowest BCUT2D eigenvalue weighted by Crippen LogP contribution is -2.37. The lowest BCUT2D eigenvalue weighted by Gasteiger charge is -2.15. The van der Waals surface area contributed by atoms with E-state index in [1.165, 1.54) is 0 Å². The van der Waals surface area contributed by atoms with E-state index < -0.39 is 11.9 Å². The zero-order valence-corrected chi connectivity index (χ0v) is 11.7. The van der Waals surface area contributed by atoms with E-state index in [-0.39, 0.29) is 11.8 Å². The van der Waals surface area contributed by atoms with Crippen molar-refractivity contribution < 1.29 is 19.4 Å². The molecule has 0 aromatic carbocycles.